The fourth-order valence-electron chi connectivity index (χ4n) is 2.06. The average molecular weight is 284 g/mol. The number of alkyl halides is 3. The number of hydrogen-bond acceptors (Lipinski definition) is 3. The molecule has 3 rings (SSSR count). The second-order valence-corrected chi connectivity index (χ2v) is 5.60. The van der Waals surface area contributed by atoms with Gasteiger partial charge in [-0.25, -0.2) is 4.98 Å². The van der Waals surface area contributed by atoms with Crippen molar-refractivity contribution < 1.29 is 13.2 Å². The highest BCUT2D eigenvalue weighted by Crippen LogP contribution is 2.59. The smallest absolute Gasteiger partial charge is 0.399 e. The zero-order valence-electron chi connectivity index (χ0n) is 9.87. The molecule has 19 heavy (non-hydrogen) atoms. The Hall–Kier alpha value is -1.56. The molecule has 1 aromatic carbocycles. The van der Waals surface area contributed by atoms with Crippen molar-refractivity contribution in [3.63, 3.8) is 0 Å². The van der Waals surface area contributed by atoms with Crippen LogP contribution in [0.15, 0.2) is 29.6 Å². The maximum atomic E-state index is 13.0. The van der Waals surface area contributed by atoms with E-state index in [0.29, 0.717) is 10.7 Å². The van der Waals surface area contributed by atoms with Gasteiger partial charge in [-0.3, -0.25) is 0 Å². The molecule has 0 saturated heterocycles. The molecular formula is C13H11F3N2S. The van der Waals surface area contributed by atoms with Crippen LogP contribution in [0.2, 0.25) is 0 Å². The number of aromatic nitrogens is 1. The monoisotopic (exact) mass is 284 g/mol. The first-order chi connectivity index (χ1) is 8.92. The number of thiazole rings is 1. The lowest BCUT2D eigenvalue weighted by Crippen LogP contribution is -2.28. The maximum Gasteiger partial charge on any atom is 0.399 e. The minimum Gasteiger partial charge on any atom is -0.399 e. The van der Waals surface area contributed by atoms with Crippen molar-refractivity contribution in [1.29, 1.82) is 0 Å². The number of benzene rings is 1. The van der Waals surface area contributed by atoms with Gasteiger partial charge in [0.15, 0.2) is 0 Å². The van der Waals surface area contributed by atoms with Crippen molar-refractivity contribution in [2.45, 2.75) is 24.4 Å². The molecule has 0 amide bonds. The molecule has 1 aliphatic carbocycles. The van der Waals surface area contributed by atoms with Gasteiger partial charge >= 0.3 is 6.18 Å². The predicted octanol–water partition coefficient (Wildman–Crippen LogP) is 3.99. The minimum atomic E-state index is -4.21. The van der Waals surface area contributed by atoms with E-state index in [4.69, 9.17) is 5.73 Å². The summed E-state index contributed by atoms with van der Waals surface area (Å²) < 4.78 is 39.0. The second-order valence-electron chi connectivity index (χ2n) is 4.74. The van der Waals surface area contributed by atoms with Gasteiger partial charge in [-0.05, 0) is 37.1 Å². The van der Waals surface area contributed by atoms with Crippen LogP contribution >= 0.6 is 11.3 Å². The third kappa shape index (κ3) is 2.00. The Kier molecular flexibility index (Phi) is 2.60. The van der Waals surface area contributed by atoms with Crippen LogP contribution in [0.4, 0.5) is 18.9 Å². The Morgan fingerprint density at radius 3 is 2.32 bits per heavy atom. The standard InChI is InChI=1S/C13H11F3N2S/c14-13(15,16)12(5-6-12)10-7-19-11(18-10)8-1-3-9(17)4-2-8/h1-4,7H,5-6,17H2. The third-order valence-corrected chi connectivity index (χ3v) is 4.34. The van der Waals surface area contributed by atoms with Gasteiger partial charge in [0, 0.05) is 16.6 Å². The van der Waals surface area contributed by atoms with E-state index in [0.717, 1.165) is 5.56 Å². The topological polar surface area (TPSA) is 38.9 Å². The highest BCUT2D eigenvalue weighted by Gasteiger charge is 2.65. The molecule has 1 fully saturated rings. The summed E-state index contributed by atoms with van der Waals surface area (Å²) in [7, 11) is 0. The van der Waals surface area contributed by atoms with Crippen LogP contribution in [-0.4, -0.2) is 11.2 Å². The number of anilines is 1. The van der Waals surface area contributed by atoms with E-state index in [-0.39, 0.29) is 18.5 Å². The summed E-state index contributed by atoms with van der Waals surface area (Å²) >= 11 is 1.24. The number of nitrogens with two attached hydrogens (primary N) is 1. The summed E-state index contributed by atoms with van der Waals surface area (Å²) in [5, 5.41) is 2.12. The molecule has 0 bridgehead atoms. The lowest BCUT2D eigenvalue weighted by atomic mass is 10.0. The van der Waals surface area contributed by atoms with Crippen molar-refractivity contribution in [3.8, 4) is 10.6 Å². The number of rotatable bonds is 2. The molecule has 1 aliphatic rings. The molecule has 2 aromatic rings. The molecule has 2 N–H and O–H groups in total. The number of halogens is 3. The Morgan fingerprint density at radius 1 is 1.16 bits per heavy atom. The van der Waals surface area contributed by atoms with E-state index in [1.807, 2.05) is 0 Å². The van der Waals surface area contributed by atoms with Crippen LogP contribution < -0.4 is 5.73 Å². The largest absolute Gasteiger partial charge is 0.399 e. The van der Waals surface area contributed by atoms with E-state index in [9.17, 15) is 13.2 Å². The summed E-state index contributed by atoms with van der Waals surface area (Å²) in [4.78, 5) is 4.17. The Morgan fingerprint density at radius 2 is 1.79 bits per heavy atom. The molecular weight excluding hydrogens is 273 g/mol. The van der Waals surface area contributed by atoms with Crippen molar-refractivity contribution in [2.24, 2.45) is 0 Å². The van der Waals surface area contributed by atoms with E-state index < -0.39 is 11.6 Å². The summed E-state index contributed by atoms with van der Waals surface area (Å²) in [6.45, 7) is 0. The normalized spacial score (nSPS) is 17.4. The molecule has 0 aliphatic heterocycles. The lowest BCUT2D eigenvalue weighted by Gasteiger charge is -2.16. The van der Waals surface area contributed by atoms with Crippen LogP contribution in [0.1, 0.15) is 18.5 Å². The van der Waals surface area contributed by atoms with Crippen LogP contribution in [0.3, 0.4) is 0 Å². The molecule has 1 aromatic heterocycles. The first kappa shape index (κ1) is 12.5. The van der Waals surface area contributed by atoms with Gasteiger partial charge in [0.05, 0.1) is 5.69 Å². The highest BCUT2D eigenvalue weighted by molar-refractivity contribution is 7.13. The first-order valence-electron chi connectivity index (χ1n) is 5.81. The van der Waals surface area contributed by atoms with Crippen LogP contribution in [0.25, 0.3) is 10.6 Å². The van der Waals surface area contributed by atoms with E-state index in [1.54, 1.807) is 24.3 Å². The molecule has 1 saturated carbocycles. The predicted molar refractivity (Wildman–Crippen MR) is 68.9 cm³/mol. The van der Waals surface area contributed by atoms with Crippen LogP contribution in [0, 0.1) is 0 Å². The maximum absolute atomic E-state index is 13.0. The van der Waals surface area contributed by atoms with Crippen LogP contribution in [0.5, 0.6) is 0 Å². The quantitative estimate of drug-likeness (QED) is 0.847. The van der Waals surface area contributed by atoms with E-state index in [2.05, 4.69) is 4.98 Å². The molecule has 100 valence electrons. The highest BCUT2D eigenvalue weighted by atomic mass is 32.1. The number of hydrogen-bond donors (Lipinski definition) is 1. The fourth-order valence-corrected chi connectivity index (χ4v) is 2.99. The molecule has 0 radical (unpaired) electrons. The number of nitrogens with zero attached hydrogens (tertiary/aromatic N) is 1. The molecule has 0 spiro atoms. The van der Waals surface area contributed by atoms with Crippen molar-refractivity contribution in [1.82, 2.24) is 4.98 Å². The molecule has 0 atom stereocenters. The zero-order chi connectivity index (χ0) is 13.7. The summed E-state index contributed by atoms with van der Waals surface area (Å²) in [5.74, 6) is 0. The van der Waals surface area contributed by atoms with Crippen molar-refractivity contribution >= 4 is 17.0 Å². The van der Waals surface area contributed by atoms with Crippen molar-refractivity contribution in [3.05, 3.63) is 35.3 Å². The average Bonchev–Trinajstić information content (AvgIpc) is 3.03. The molecule has 2 nitrogen and oxygen atoms in total. The Labute approximate surface area is 112 Å². The minimum absolute atomic E-state index is 0.140. The van der Waals surface area contributed by atoms with E-state index in [1.165, 1.54) is 16.7 Å². The molecule has 6 heteroatoms. The van der Waals surface area contributed by atoms with Gasteiger partial charge in [-0.1, -0.05) is 0 Å². The van der Waals surface area contributed by atoms with Gasteiger partial charge in [-0.2, -0.15) is 13.2 Å². The lowest BCUT2D eigenvalue weighted by molar-refractivity contribution is -0.161. The van der Waals surface area contributed by atoms with Crippen LogP contribution in [-0.2, 0) is 5.41 Å². The fraction of sp³-hybridized carbons (Fsp3) is 0.308. The van der Waals surface area contributed by atoms with Gasteiger partial charge in [-0.15, -0.1) is 11.3 Å². The Bertz CT molecular complexity index is 597. The zero-order valence-corrected chi connectivity index (χ0v) is 10.7. The third-order valence-electron chi connectivity index (χ3n) is 3.44. The summed E-state index contributed by atoms with van der Waals surface area (Å²) in [6, 6.07) is 6.97. The Balaban J connectivity index is 1.94. The molecule has 1 heterocycles. The summed E-state index contributed by atoms with van der Waals surface area (Å²) in [6.07, 6.45) is -3.93. The van der Waals surface area contributed by atoms with E-state index >= 15 is 0 Å². The van der Waals surface area contributed by atoms with Gasteiger partial charge < -0.3 is 5.73 Å². The SMILES string of the molecule is Nc1ccc(-c2nc(C3(C(F)(F)F)CC3)cs2)cc1. The van der Waals surface area contributed by atoms with Gasteiger partial charge in [0.2, 0.25) is 0 Å². The summed E-state index contributed by atoms with van der Waals surface area (Å²) in [5.41, 5.74) is 5.45. The van der Waals surface area contributed by atoms with Crippen molar-refractivity contribution in [2.75, 3.05) is 5.73 Å². The first-order valence-corrected chi connectivity index (χ1v) is 6.69. The second kappa shape index (κ2) is 3.96. The molecule has 0 unspecified atom stereocenters. The van der Waals surface area contributed by atoms with Gasteiger partial charge in [0.25, 0.3) is 0 Å². The van der Waals surface area contributed by atoms with Gasteiger partial charge in [0.1, 0.15) is 10.4 Å². The number of nitrogen functional groups attached to an aromatic ring is 1.